The van der Waals surface area contributed by atoms with E-state index in [-0.39, 0.29) is 5.91 Å². The fourth-order valence-electron chi connectivity index (χ4n) is 2.76. The van der Waals surface area contributed by atoms with E-state index in [1.54, 1.807) is 0 Å². The van der Waals surface area contributed by atoms with E-state index in [0.717, 1.165) is 18.4 Å². The average molecular weight is 271 g/mol. The highest BCUT2D eigenvalue weighted by Crippen LogP contribution is 2.18. The lowest BCUT2D eigenvalue weighted by atomic mass is 10.1. The zero-order valence-corrected chi connectivity index (χ0v) is 12.4. The number of carbonyl (C=O) groups excluding carboxylic acids is 1. The van der Waals surface area contributed by atoms with E-state index in [1.165, 1.54) is 31.3 Å². The molecule has 0 bridgehead atoms. The van der Waals surface area contributed by atoms with E-state index in [4.69, 9.17) is 0 Å². The molecule has 2 rings (SSSR count). The van der Waals surface area contributed by atoms with E-state index in [2.05, 4.69) is 24.4 Å². The molecule has 1 fully saturated rings. The molecule has 1 amide bonds. The Morgan fingerprint density at radius 2 is 1.80 bits per heavy atom. The quantitative estimate of drug-likeness (QED) is 0.765. The molecule has 1 N–H and O–H groups in total. The van der Waals surface area contributed by atoms with Crippen molar-refractivity contribution >= 4 is 5.91 Å². The third kappa shape index (κ3) is 5.20. The molecule has 0 spiro atoms. The van der Waals surface area contributed by atoms with Crippen LogP contribution >= 0.6 is 0 Å². The Bertz CT molecular complexity index is 446. The molecule has 0 atom stereocenters. The van der Waals surface area contributed by atoms with Crippen molar-refractivity contribution in [2.24, 2.45) is 0 Å². The van der Waals surface area contributed by atoms with Gasteiger partial charge in [0.25, 0.3) is 0 Å². The van der Waals surface area contributed by atoms with Crippen LogP contribution < -0.4 is 5.32 Å². The summed E-state index contributed by atoms with van der Waals surface area (Å²) in [4.78, 5) is 12.1. The summed E-state index contributed by atoms with van der Waals surface area (Å²) in [5.74, 6) is 0.155. The number of rotatable bonds is 3. The second-order valence-electron chi connectivity index (χ2n) is 5.80. The highest BCUT2D eigenvalue weighted by molar-refractivity contribution is 5.79. The summed E-state index contributed by atoms with van der Waals surface area (Å²) >= 11 is 0. The Morgan fingerprint density at radius 3 is 2.55 bits per heavy atom. The van der Waals surface area contributed by atoms with Crippen LogP contribution in [0.5, 0.6) is 0 Å². The van der Waals surface area contributed by atoms with Gasteiger partial charge in [-0.1, -0.05) is 67.7 Å². The van der Waals surface area contributed by atoms with Crippen LogP contribution in [-0.4, -0.2) is 11.9 Å². The standard InChI is InChI=1S/C18H25NO/c1-15-8-6-10-16(11-7-9-15)14-18(20)19-17-12-4-2-3-5-13-17/h6-11,17H,2-5,12-14H2,1H3,(H,19,20)/b8-6-,9-7?,10-6?,11-7-,15-8?,15-9-,16-10+,16-11?. The Kier molecular flexibility index (Phi) is 5.85. The van der Waals surface area contributed by atoms with Gasteiger partial charge in [0.2, 0.25) is 5.91 Å². The number of carbonyl (C=O) groups is 1. The average Bonchev–Trinajstić information content (AvgIpc) is 2.64. The lowest BCUT2D eigenvalue weighted by Crippen LogP contribution is -2.34. The number of nitrogens with one attached hydrogen (secondary N) is 1. The first-order chi connectivity index (χ1) is 9.74. The highest BCUT2D eigenvalue weighted by Gasteiger charge is 2.14. The van der Waals surface area contributed by atoms with E-state index < -0.39 is 0 Å². The van der Waals surface area contributed by atoms with Crippen LogP contribution in [0.2, 0.25) is 0 Å². The van der Waals surface area contributed by atoms with Gasteiger partial charge in [-0.05, 0) is 25.3 Å². The first kappa shape index (κ1) is 14.8. The van der Waals surface area contributed by atoms with Crippen LogP contribution in [0.25, 0.3) is 0 Å². The smallest absolute Gasteiger partial charge is 0.224 e. The molecule has 1 saturated carbocycles. The molecule has 2 nitrogen and oxygen atoms in total. The van der Waals surface area contributed by atoms with Crippen molar-refractivity contribution < 1.29 is 4.79 Å². The fourth-order valence-corrected chi connectivity index (χ4v) is 2.76. The summed E-state index contributed by atoms with van der Waals surface area (Å²) in [6, 6.07) is 0.390. The van der Waals surface area contributed by atoms with Crippen LogP contribution in [0.1, 0.15) is 51.9 Å². The third-order valence-corrected chi connectivity index (χ3v) is 3.92. The molecule has 108 valence electrons. The van der Waals surface area contributed by atoms with Crippen LogP contribution in [0, 0.1) is 0 Å². The second-order valence-corrected chi connectivity index (χ2v) is 5.80. The minimum atomic E-state index is 0.155. The van der Waals surface area contributed by atoms with Crippen LogP contribution in [-0.2, 0) is 4.79 Å². The molecular weight excluding hydrogens is 246 g/mol. The summed E-state index contributed by atoms with van der Waals surface area (Å²) in [5.41, 5.74) is 2.29. The number of hydrogen-bond acceptors (Lipinski definition) is 1. The molecule has 2 heteroatoms. The summed E-state index contributed by atoms with van der Waals surface area (Å²) in [6.07, 6.45) is 20.1. The van der Waals surface area contributed by atoms with Gasteiger partial charge in [0.1, 0.15) is 0 Å². The normalized spacial score (nSPS) is 28.9. The van der Waals surface area contributed by atoms with E-state index >= 15 is 0 Å². The zero-order valence-electron chi connectivity index (χ0n) is 12.4. The predicted molar refractivity (Wildman–Crippen MR) is 84.4 cm³/mol. The monoisotopic (exact) mass is 271 g/mol. The van der Waals surface area contributed by atoms with E-state index in [9.17, 15) is 4.79 Å². The largest absolute Gasteiger partial charge is 0.353 e. The molecule has 0 aromatic heterocycles. The molecule has 0 aromatic rings. The fraction of sp³-hybridized carbons (Fsp3) is 0.500. The molecule has 0 saturated heterocycles. The summed E-state index contributed by atoms with van der Waals surface area (Å²) in [6.45, 7) is 2.07. The number of hydrogen-bond donors (Lipinski definition) is 1. The second kappa shape index (κ2) is 7.88. The molecule has 0 heterocycles. The van der Waals surface area contributed by atoms with Crippen LogP contribution in [0.15, 0.2) is 47.6 Å². The van der Waals surface area contributed by atoms with Gasteiger partial charge in [-0.15, -0.1) is 0 Å². The van der Waals surface area contributed by atoms with Crippen LogP contribution in [0.3, 0.4) is 0 Å². The van der Waals surface area contributed by atoms with Crippen LogP contribution in [0.4, 0.5) is 0 Å². The molecule has 0 aliphatic heterocycles. The SMILES string of the molecule is CC1=C/C=C\C(CC(=O)NC2CCCCCC2)=C/C=C\1. The van der Waals surface area contributed by atoms with Crippen molar-refractivity contribution in [2.75, 3.05) is 0 Å². The maximum Gasteiger partial charge on any atom is 0.224 e. The highest BCUT2D eigenvalue weighted by atomic mass is 16.1. The third-order valence-electron chi connectivity index (χ3n) is 3.92. The van der Waals surface area contributed by atoms with Crippen molar-refractivity contribution in [3.05, 3.63) is 47.6 Å². The van der Waals surface area contributed by atoms with Crippen molar-refractivity contribution in [3.8, 4) is 0 Å². The molecule has 2 aliphatic rings. The first-order valence-corrected chi connectivity index (χ1v) is 7.75. The van der Waals surface area contributed by atoms with Gasteiger partial charge < -0.3 is 5.32 Å². The minimum absolute atomic E-state index is 0.155. The lowest BCUT2D eigenvalue weighted by Gasteiger charge is -2.16. The van der Waals surface area contributed by atoms with Crippen molar-refractivity contribution in [1.82, 2.24) is 5.32 Å². The Balaban J connectivity index is 1.84. The van der Waals surface area contributed by atoms with Gasteiger partial charge in [-0.2, -0.15) is 0 Å². The maximum atomic E-state index is 12.1. The summed E-state index contributed by atoms with van der Waals surface area (Å²) in [5, 5.41) is 3.20. The topological polar surface area (TPSA) is 29.1 Å². The minimum Gasteiger partial charge on any atom is -0.353 e. The summed E-state index contributed by atoms with van der Waals surface area (Å²) in [7, 11) is 0. The lowest BCUT2D eigenvalue weighted by molar-refractivity contribution is -0.121. The van der Waals surface area contributed by atoms with Gasteiger partial charge >= 0.3 is 0 Å². The van der Waals surface area contributed by atoms with Gasteiger partial charge in [0, 0.05) is 6.04 Å². The zero-order chi connectivity index (χ0) is 14.2. The number of allylic oxidation sites excluding steroid dienone is 7. The van der Waals surface area contributed by atoms with Crippen molar-refractivity contribution in [3.63, 3.8) is 0 Å². The van der Waals surface area contributed by atoms with Gasteiger partial charge in [-0.25, -0.2) is 0 Å². The molecule has 0 unspecified atom stereocenters. The summed E-state index contributed by atoms with van der Waals surface area (Å²) < 4.78 is 0. The molecule has 20 heavy (non-hydrogen) atoms. The predicted octanol–water partition coefficient (Wildman–Crippen LogP) is 4.21. The van der Waals surface area contributed by atoms with Gasteiger partial charge in [0.15, 0.2) is 0 Å². The van der Waals surface area contributed by atoms with E-state index in [0.29, 0.717) is 12.5 Å². The molecule has 0 aromatic carbocycles. The Labute approximate surface area is 122 Å². The maximum absolute atomic E-state index is 12.1. The Hall–Kier alpha value is -1.57. The molecule has 2 aliphatic carbocycles. The molecular formula is C18H25NO. The van der Waals surface area contributed by atoms with Gasteiger partial charge in [-0.3, -0.25) is 4.79 Å². The van der Waals surface area contributed by atoms with E-state index in [1.807, 2.05) is 24.3 Å². The van der Waals surface area contributed by atoms with Gasteiger partial charge in [0.05, 0.1) is 6.42 Å². The van der Waals surface area contributed by atoms with Crippen molar-refractivity contribution in [2.45, 2.75) is 57.9 Å². The first-order valence-electron chi connectivity index (χ1n) is 7.75. The van der Waals surface area contributed by atoms with Crippen molar-refractivity contribution in [1.29, 1.82) is 0 Å². The Morgan fingerprint density at radius 1 is 1.10 bits per heavy atom. The molecule has 0 radical (unpaired) electrons. The number of amides is 1.